The molecule has 0 aromatic heterocycles. The maximum Gasteiger partial charge on any atom is 0.310 e. The van der Waals surface area contributed by atoms with Crippen LogP contribution in [0.1, 0.15) is 51.5 Å². The lowest BCUT2D eigenvalue weighted by Crippen LogP contribution is -2.32. The van der Waals surface area contributed by atoms with Gasteiger partial charge in [0.15, 0.2) is 6.10 Å². The Morgan fingerprint density at radius 3 is 2.39 bits per heavy atom. The molecule has 0 heterocycles. The van der Waals surface area contributed by atoms with Crippen LogP contribution in [0.25, 0.3) is 0 Å². The van der Waals surface area contributed by atoms with E-state index in [4.69, 9.17) is 4.74 Å². The molecule has 124 valence electrons. The van der Waals surface area contributed by atoms with Crippen molar-refractivity contribution in [3.8, 4) is 0 Å². The average molecular weight is 315 g/mol. The first kappa shape index (κ1) is 17.3. The molecule has 0 bridgehead atoms. The molecule has 0 saturated heterocycles. The molecule has 1 aromatic rings. The van der Waals surface area contributed by atoms with Gasteiger partial charge >= 0.3 is 5.97 Å². The van der Waals surface area contributed by atoms with Crippen molar-refractivity contribution in [2.24, 2.45) is 5.92 Å². The van der Waals surface area contributed by atoms with E-state index in [2.05, 4.69) is 25.2 Å². The van der Waals surface area contributed by atoms with E-state index in [-0.39, 0.29) is 17.8 Å². The van der Waals surface area contributed by atoms with E-state index in [9.17, 15) is 9.59 Å². The van der Waals surface area contributed by atoms with Crippen LogP contribution >= 0.6 is 0 Å². The van der Waals surface area contributed by atoms with Crippen LogP contribution in [-0.2, 0) is 14.3 Å². The summed E-state index contributed by atoms with van der Waals surface area (Å²) in [6.45, 7) is 5.85. The Balaban J connectivity index is 1.86. The highest BCUT2D eigenvalue weighted by molar-refractivity contribution is 5.95. The molecule has 1 aromatic carbocycles. The molecular formula is C19H25NO3. The number of allylic oxidation sites excluding steroid dienone is 2. The van der Waals surface area contributed by atoms with Gasteiger partial charge in [0.25, 0.3) is 5.91 Å². The van der Waals surface area contributed by atoms with Crippen LogP contribution in [0.4, 0.5) is 5.69 Å². The van der Waals surface area contributed by atoms with E-state index < -0.39 is 6.10 Å². The third kappa shape index (κ3) is 4.95. The van der Waals surface area contributed by atoms with Crippen molar-refractivity contribution in [3.05, 3.63) is 42.0 Å². The Bertz CT molecular complexity index is 575. The van der Waals surface area contributed by atoms with Crippen molar-refractivity contribution in [1.29, 1.82) is 0 Å². The smallest absolute Gasteiger partial charge is 0.310 e. The summed E-state index contributed by atoms with van der Waals surface area (Å²) in [6.07, 6.45) is 5.65. The molecule has 0 radical (unpaired) electrons. The summed E-state index contributed by atoms with van der Waals surface area (Å²) < 4.78 is 5.30. The first-order chi connectivity index (χ1) is 11.0. The summed E-state index contributed by atoms with van der Waals surface area (Å²) in [4.78, 5) is 24.2. The number of esters is 1. The summed E-state index contributed by atoms with van der Waals surface area (Å²) >= 11 is 0. The monoisotopic (exact) mass is 315 g/mol. The van der Waals surface area contributed by atoms with E-state index in [1.807, 2.05) is 30.3 Å². The normalized spacial score (nSPS) is 18.5. The van der Waals surface area contributed by atoms with Crippen LogP contribution in [0.5, 0.6) is 0 Å². The molecule has 1 aliphatic rings. The quantitative estimate of drug-likeness (QED) is 0.659. The number of ether oxygens (including phenoxy) is 1. The Labute approximate surface area is 137 Å². The number of hydrogen-bond donors (Lipinski definition) is 1. The molecule has 0 unspecified atom stereocenters. The highest BCUT2D eigenvalue weighted by Gasteiger charge is 2.25. The summed E-state index contributed by atoms with van der Waals surface area (Å²) in [5.41, 5.74) is 1.93. The van der Waals surface area contributed by atoms with Gasteiger partial charge in [-0.1, -0.05) is 38.1 Å². The molecule has 1 amide bonds. The Morgan fingerprint density at radius 1 is 1.13 bits per heavy atom. The van der Waals surface area contributed by atoms with Crippen LogP contribution in [0.2, 0.25) is 0 Å². The maximum absolute atomic E-state index is 12.1. The predicted molar refractivity (Wildman–Crippen MR) is 91.2 cm³/mol. The molecule has 0 saturated carbocycles. The van der Waals surface area contributed by atoms with Gasteiger partial charge in [0.1, 0.15) is 0 Å². The minimum Gasteiger partial charge on any atom is -0.452 e. The van der Waals surface area contributed by atoms with E-state index in [0.29, 0.717) is 18.0 Å². The predicted octanol–water partition coefficient (Wildman–Crippen LogP) is 4.04. The fourth-order valence-corrected chi connectivity index (χ4v) is 2.53. The zero-order chi connectivity index (χ0) is 16.8. The maximum atomic E-state index is 12.1. The first-order valence-electron chi connectivity index (χ1n) is 8.23. The molecule has 1 N–H and O–H groups in total. The molecule has 2 atom stereocenters. The van der Waals surface area contributed by atoms with E-state index in [1.54, 1.807) is 6.92 Å². The van der Waals surface area contributed by atoms with Gasteiger partial charge in [-0.25, -0.2) is 0 Å². The lowest BCUT2D eigenvalue weighted by atomic mass is 9.95. The number of carbonyl (C=O) groups is 2. The summed E-state index contributed by atoms with van der Waals surface area (Å²) in [5.74, 6) is -0.265. The molecule has 4 heteroatoms. The van der Waals surface area contributed by atoms with Crippen molar-refractivity contribution in [2.75, 3.05) is 5.32 Å². The Kier molecular flexibility index (Phi) is 5.97. The van der Waals surface area contributed by atoms with Crippen LogP contribution in [0.3, 0.4) is 0 Å². The lowest BCUT2D eigenvalue weighted by molar-refractivity contribution is -0.157. The van der Waals surface area contributed by atoms with Gasteiger partial charge in [-0.2, -0.15) is 0 Å². The Hall–Kier alpha value is -2.10. The molecule has 4 nitrogen and oxygen atoms in total. The van der Waals surface area contributed by atoms with Crippen LogP contribution in [0, 0.1) is 5.92 Å². The van der Waals surface area contributed by atoms with Crippen LogP contribution < -0.4 is 5.32 Å². The summed E-state index contributed by atoms with van der Waals surface area (Å²) in [7, 11) is 0. The minimum atomic E-state index is -0.793. The average Bonchev–Trinajstić information content (AvgIpc) is 2.56. The fourth-order valence-electron chi connectivity index (χ4n) is 2.53. The second kappa shape index (κ2) is 7.95. The van der Waals surface area contributed by atoms with Gasteiger partial charge in [-0.05, 0) is 49.8 Å². The number of rotatable bonds is 5. The topological polar surface area (TPSA) is 55.4 Å². The molecule has 0 aliphatic heterocycles. The van der Waals surface area contributed by atoms with Crippen molar-refractivity contribution < 1.29 is 14.3 Å². The van der Waals surface area contributed by atoms with Crippen molar-refractivity contribution in [2.45, 2.75) is 52.1 Å². The number of carbonyl (C=O) groups excluding carboxylic acids is 2. The van der Waals surface area contributed by atoms with Gasteiger partial charge in [0.05, 0.1) is 5.92 Å². The third-order valence-electron chi connectivity index (χ3n) is 4.11. The zero-order valence-corrected chi connectivity index (χ0v) is 14.0. The Morgan fingerprint density at radius 2 is 1.83 bits per heavy atom. The van der Waals surface area contributed by atoms with Crippen LogP contribution in [0.15, 0.2) is 36.4 Å². The lowest BCUT2D eigenvalue weighted by Gasteiger charge is -2.19. The molecule has 1 aliphatic carbocycles. The van der Waals surface area contributed by atoms with Gasteiger partial charge in [-0.3, -0.25) is 9.59 Å². The number of hydrogen-bond acceptors (Lipinski definition) is 3. The SMILES string of the molecule is CC(C)c1ccc(NC(=O)[C@@H](C)OC(=O)[C@@H]2CC=CCC2)cc1. The van der Waals surface area contributed by atoms with Crippen LogP contribution in [-0.4, -0.2) is 18.0 Å². The minimum absolute atomic E-state index is 0.124. The van der Waals surface area contributed by atoms with Crippen molar-refractivity contribution >= 4 is 17.6 Å². The summed E-state index contributed by atoms with van der Waals surface area (Å²) in [6, 6.07) is 7.72. The van der Waals surface area contributed by atoms with Gasteiger partial charge in [0.2, 0.25) is 0 Å². The molecular weight excluding hydrogens is 290 g/mol. The number of anilines is 1. The number of nitrogens with one attached hydrogen (secondary N) is 1. The second-order valence-electron chi connectivity index (χ2n) is 6.33. The van der Waals surface area contributed by atoms with Gasteiger partial charge in [0, 0.05) is 5.69 Å². The second-order valence-corrected chi connectivity index (χ2v) is 6.33. The molecule has 23 heavy (non-hydrogen) atoms. The molecule has 0 spiro atoms. The van der Waals surface area contributed by atoms with Crippen molar-refractivity contribution in [1.82, 2.24) is 0 Å². The molecule has 0 fully saturated rings. The standard InChI is InChI=1S/C19H25NO3/c1-13(2)15-9-11-17(12-10-15)20-18(21)14(3)23-19(22)16-7-5-4-6-8-16/h4-5,9-14,16H,6-8H2,1-3H3,(H,20,21)/t14-,16-/m1/s1. The first-order valence-corrected chi connectivity index (χ1v) is 8.23. The van der Waals surface area contributed by atoms with Gasteiger partial charge in [-0.15, -0.1) is 0 Å². The highest BCUT2D eigenvalue weighted by Crippen LogP contribution is 2.21. The van der Waals surface area contributed by atoms with Gasteiger partial charge < -0.3 is 10.1 Å². The number of amides is 1. The third-order valence-corrected chi connectivity index (χ3v) is 4.11. The largest absolute Gasteiger partial charge is 0.452 e. The zero-order valence-electron chi connectivity index (χ0n) is 14.0. The number of benzene rings is 1. The fraction of sp³-hybridized carbons (Fsp3) is 0.474. The highest BCUT2D eigenvalue weighted by atomic mass is 16.5. The summed E-state index contributed by atoms with van der Waals surface area (Å²) in [5, 5.41) is 2.79. The van der Waals surface area contributed by atoms with E-state index >= 15 is 0 Å². The van der Waals surface area contributed by atoms with E-state index in [0.717, 1.165) is 12.8 Å². The van der Waals surface area contributed by atoms with E-state index in [1.165, 1.54) is 5.56 Å². The van der Waals surface area contributed by atoms with Crippen molar-refractivity contribution in [3.63, 3.8) is 0 Å². The molecule has 2 rings (SSSR count).